The lowest BCUT2D eigenvalue weighted by Gasteiger charge is -2.24. The maximum atomic E-state index is 12.3. The monoisotopic (exact) mass is 279 g/mol. The number of likely N-dealkylation sites (tertiary alicyclic amines) is 1. The standard InChI is InChI=1S/C12H17N5O3/c1-8-13-11(15-14-8)9-3-2-4-17(9)10(18)7-16-5-6-20-12(16)19/h9H,2-7H2,1H3,(H,13,14,15)/t9-/m0/s1. The Kier molecular flexibility index (Phi) is 3.29. The third-order valence-corrected chi connectivity index (χ3v) is 3.66. The Morgan fingerprint density at radius 2 is 2.35 bits per heavy atom. The van der Waals surface area contributed by atoms with E-state index in [9.17, 15) is 9.59 Å². The summed E-state index contributed by atoms with van der Waals surface area (Å²) < 4.78 is 4.83. The van der Waals surface area contributed by atoms with Crippen molar-refractivity contribution < 1.29 is 14.3 Å². The predicted molar refractivity (Wildman–Crippen MR) is 67.7 cm³/mol. The van der Waals surface area contributed by atoms with Crippen molar-refractivity contribution in [2.45, 2.75) is 25.8 Å². The molecule has 8 nitrogen and oxygen atoms in total. The van der Waals surface area contributed by atoms with E-state index in [1.54, 1.807) is 4.90 Å². The summed E-state index contributed by atoms with van der Waals surface area (Å²) >= 11 is 0. The molecule has 0 saturated carbocycles. The van der Waals surface area contributed by atoms with Crippen LogP contribution in [0.4, 0.5) is 4.79 Å². The number of nitrogens with zero attached hydrogens (tertiary/aromatic N) is 4. The van der Waals surface area contributed by atoms with Gasteiger partial charge in [0.1, 0.15) is 19.0 Å². The molecular formula is C12H17N5O3. The van der Waals surface area contributed by atoms with E-state index < -0.39 is 6.09 Å². The number of rotatable bonds is 3. The number of ether oxygens (including phenoxy) is 1. The van der Waals surface area contributed by atoms with E-state index in [1.165, 1.54) is 4.90 Å². The molecule has 0 aromatic carbocycles. The minimum absolute atomic E-state index is 0.0682. The molecule has 108 valence electrons. The topological polar surface area (TPSA) is 91.4 Å². The molecule has 0 unspecified atom stereocenters. The zero-order chi connectivity index (χ0) is 14.1. The first kappa shape index (κ1) is 12.9. The SMILES string of the molecule is Cc1nc([C@@H]2CCCN2C(=O)CN2CCOC2=O)n[nH]1. The molecule has 3 heterocycles. The van der Waals surface area contributed by atoms with Crippen molar-refractivity contribution in [2.24, 2.45) is 0 Å². The molecule has 20 heavy (non-hydrogen) atoms. The van der Waals surface area contributed by atoms with Crippen molar-refractivity contribution in [1.82, 2.24) is 25.0 Å². The number of amides is 2. The van der Waals surface area contributed by atoms with Crippen LogP contribution >= 0.6 is 0 Å². The molecule has 0 bridgehead atoms. The van der Waals surface area contributed by atoms with Crippen LogP contribution in [0, 0.1) is 6.92 Å². The van der Waals surface area contributed by atoms with Gasteiger partial charge in [-0.15, -0.1) is 0 Å². The fourth-order valence-electron chi connectivity index (χ4n) is 2.67. The molecule has 1 N–H and O–H groups in total. The normalized spacial score (nSPS) is 22.4. The number of carbonyl (C=O) groups is 2. The minimum Gasteiger partial charge on any atom is -0.448 e. The van der Waals surface area contributed by atoms with Gasteiger partial charge in [-0.2, -0.15) is 5.10 Å². The Morgan fingerprint density at radius 3 is 3.00 bits per heavy atom. The number of cyclic esters (lactones) is 1. The lowest BCUT2D eigenvalue weighted by molar-refractivity contribution is -0.132. The Balaban J connectivity index is 1.68. The van der Waals surface area contributed by atoms with Crippen molar-refractivity contribution in [3.63, 3.8) is 0 Å². The average Bonchev–Trinajstić information content (AvgIpc) is 3.11. The highest BCUT2D eigenvalue weighted by atomic mass is 16.6. The maximum Gasteiger partial charge on any atom is 0.410 e. The number of aryl methyl sites for hydroxylation is 1. The summed E-state index contributed by atoms with van der Waals surface area (Å²) in [6, 6.07) is -0.0916. The van der Waals surface area contributed by atoms with E-state index in [1.807, 2.05) is 6.92 Å². The van der Waals surface area contributed by atoms with Crippen molar-refractivity contribution >= 4 is 12.0 Å². The van der Waals surface area contributed by atoms with E-state index in [-0.39, 0.29) is 18.5 Å². The predicted octanol–water partition coefficient (Wildman–Crippen LogP) is 0.229. The number of aromatic amines is 1. The van der Waals surface area contributed by atoms with Gasteiger partial charge in [0.2, 0.25) is 5.91 Å². The molecule has 0 spiro atoms. The van der Waals surface area contributed by atoms with E-state index in [4.69, 9.17) is 4.74 Å². The highest BCUT2D eigenvalue weighted by molar-refractivity contribution is 5.83. The fraction of sp³-hybridized carbons (Fsp3) is 0.667. The van der Waals surface area contributed by atoms with Gasteiger partial charge in [-0.1, -0.05) is 0 Å². The molecule has 2 amide bonds. The van der Waals surface area contributed by atoms with Gasteiger partial charge in [-0.25, -0.2) is 9.78 Å². The third-order valence-electron chi connectivity index (χ3n) is 3.66. The van der Waals surface area contributed by atoms with Crippen molar-refractivity contribution in [3.05, 3.63) is 11.6 Å². The maximum absolute atomic E-state index is 12.3. The van der Waals surface area contributed by atoms with Crippen LogP contribution in [0.15, 0.2) is 0 Å². The molecule has 0 radical (unpaired) electrons. The summed E-state index contributed by atoms with van der Waals surface area (Å²) in [5.74, 6) is 1.31. The first-order valence-electron chi connectivity index (χ1n) is 6.75. The van der Waals surface area contributed by atoms with Crippen molar-refractivity contribution in [3.8, 4) is 0 Å². The summed E-state index contributed by atoms with van der Waals surface area (Å²) in [5.41, 5.74) is 0. The van der Waals surface area contributed by atoms with Crippen LogP contribution in [-0.2, 0) is 9.53 Å². The van der Waals surface area contributed by atoms with Gasteiger partial charge in [-0.05, 0) is 19.8 Å². The molecule has 2 saturated heterocycles. The summed E-state index contributed by atoms with van der Waals surface area (Å²) in [7, 11) is 0. The van der Waals surface area contributed by atoms with Crippen molar-refractivity contribution in [1.29, 1.82) is 0 Å². The van der Waals surface area contributed by atoms with Crippen LogP contribution in [0.1, 0.15) is 30.5 Å². The molecule has 0 aliphatic carbocycles. The fourth-order valence-corrected chi connectivity index (χ4v) is 2.67. The smallest absolute Gasteiger partial charge is 0.410 e. The van der Waals surface area contributed by atoms with E-state index in [0.717, 1.165) is 18.7 Å². The molecule has 2 aliphatic heterocycles. The second kappa shape index (κ2) is 5.10. The molecule has 1 aromatic heterocycles. The van der Waals surface area contributed by atoms with Crippen LogP contribution in [0.2, 0.25) is 0 Å². The zero-order valence-corrected chi connectivity index (χ0v) is 11.3. The molecular weight excluding hydrogens is 262 g/mol. The lowest BCUT2D eigenvalue weighted by atomic mass is 10.2. The van der Waals surface area contributed by atoms with Gasteiger partial charge in [0, 0.05) is 6.54 Å². The Labute approximate surface area is 116 Å². The Bertz CT molecular complexity index is 529. The van der Waals surface area contributed by atoms with E-state index in [2.05, 4.69) is 15.2 Å². The van der Waals surface area contributed by atoms with Crippen LogP contribution in [0.25, 0.3) is 0 Å². The molecule has 8 heteroatoms. The van der Waals surface area contributed by atoms with Gasteiger partial charge in [-0.3, -0.25) is 14.8 Å². The second-order valence-corrected chi connectivity index (χ2v) is 5.06. The number of hydrogen-bond donors (Lipinski definition) is 1. The summed E-state index contributed by atoms with van der Waals surface area (Å²) in [4.78, 5) is 31.2. The molecule has 2 fully saturated rings. The highest BCUT2D eigenvalue weighted by Crippen LogP contribution is 2.29. The largest absolute Gasteiger partial charge is 0.448 e. The van der Waals surface area contributed by atoms with Crippen LogP contribution in [0.3, 0.4) is 0 Å². The van der Waals surface area contributed by atoms with Crippen LogP contribution in [0.5, 0.6) is 0 Å². The summed E-state index contributed by atoms with van der Waals surface area (Å²) in [6.45, 7) is 3.41. The van der Waals surface area contributed by atoms with Gasteiger partial charge in [0.15, 0.2) is 5.82 Å². The first-order valence-corrected chi connectivity index (χ1v) is 6.75. The third kappa shape index (κ3) is 2.33. The number of nitrogens with one attached hydrogen (secondary N) is 1. The second-order valence-electron chi connectivity index (χ2n) is 5.06. The quantitative estimate of drug-likeness (QED) is 0.855. The van der Waals surface area contributed by atoms with Gasteiger partial charge >= 0.3 is 6.09 Å². The van der Waals surface area contributed by atoms with E-state index >= 15 is 0 Å². The Hall–Kier alpha value is -2.12. The van der Waals surface area contributed by atoms with Crippen LogP contribution < -0.4 is 0 Å². The van der Waals surface area contributed by atoms with E-state index in [0.29, 0.717) is 25.5 Å². The average molecular weight is 279 g/mol. The summed E-state index contributed by atoms with van der Waals surface area (Å²) in [6.07, 6.45) is 1.37. The van der Waals surface area contributed by atoms with Crippen LogP contribution in [-0.4, -0.2) is 63.2 Å². The Morgan fingerprint density at radius 1 is 1.50 bits per heavy atom. The molecule has 3 rings (SSSR count). The number of carbonyl (C=O) groups excluding carboxylic acids is 2. The number of hydrogen-bond acceptors (Lipinski definition) is 5. The minimum atomic E-state index is -0.414. The summed E-state index contributed by atoms with van der Waals surface area (Å²) in [5, 5.41) is 6.94. The molecule has 2 aliphatic rings. The first-order chi connectivity index (χ1) is 9.65. The van der Waals surface area contributed by atoms with Gasteiger partial charge in [0.05, 0.1) is 12.6 Å². The number of aromatic nitrogens is 3. The van der Waals surface area contributed by atoms with Gasteiger partial charge < -0.3 is 9.64 Å². The number of H-pyrrole nitrogens is 1. The lowest BCUT2D eigenvalue weighted by Crippen LogP contribution is -2.40. The zero-order valence-electron chi connectivity index (χ0n) is 11.3. The van der Waals surface area contributed by atoms with Gasteiger partial charge in [0.25, 0.3) is 0 Å². The molecule has 1 atom stereocenters. The van der Waals surface area contributed by atoms with Crippen molar-refractivity contribution in [2.75, 3.05) is 26.2 Å². The molecule has 1 aromatic rings. The highest BCUT2D eigenvalue weighted by Gasteiger charge is 2.34.